The third-order valence-electron chi connectivity index (χ3n) is 12.9. The number of nitrogens with one attached hydrogen (secondary N) is 5. The Labute approximate surface area is 425 Å². The highest BCUT2D eigenvalue weighted by Gasteiger charge is 2.31. The molecule has 0 saturated heterocycles. The van der Waals surface area contributed by atoms with Crippen molar-refractivity contribution in [3.05, 3.63) is 0 Å². The van der Waals surface area contributed by atoms with Gasteiger partial charge in [0.05, 0.1) is 23.4 Å². The van der Waals surface area contributed by atoms with E-state index in [0.717, 1.165) is 25.7 Å². The van der Waals surface area contributed by atoms with Crippen molar-refractivity contribution in [2.75, 3.05) is 32.8 Å². The Kier molecular flexibility index (Phi) is 38.3. The Morgan fingerprint density at radius 3 is 1.14 bits per heavy atom. The Morgan fingerprint density at radius 1 is 0.435 bits per heavy atom. The predicted octanol–water partition coefficient (Wildman–Crippen LogP) is 12.2. The summed E-state index contributed by atoms with van der Waals surface area (Å²) >= 11 is 0. The van der Waals surface area contributed by atoms with Crippen LogP contribution in [-0.4, -0.2) is 92.3 Å². The molecule has 5 N–H and O–H groups in total. The zero-order valence-corrected chi connectivity index (χ0v) is 46.9. The molecule has 0 heterocycles. The van der Waals surface area contributed by atoms with Crippen LogP contribution in [0.2, 0.25) is 6.82 Å². The van der Waals surface area contributed by atoms with Crippen LogP contribution < -0.4 is 26.6 Å². The molecule has 0 bridgehead atoms. The van der Waals surface area contributed by atoms with Crippen molar-refractivity contribution in [1.82, 2.24) is 26.6 Å². The molecule has 0 rings (SSSR count). The zero-order valence-electron chi connectivity index (χ0n) is 46.9. The summed E-state index contributed by atoms with van der Waals surface area (Å²) in [5.74, 6) is -0.831. The van der Waals surface area contributed by atoms with Crippen LogP contribution in [0.5, 0.6) is 0 Å². The molecule has 0 fully saturated rings. The number of rotatable bonds is 47. The van der Waals surface area contributed by atoms with E-state index in [-0.39, 0.29) is 68.1 Å². The van der Waals surface area contributed by atoms with Gasteiger partial charge < -0.3 is 36.1 Å². The van der Waals surface area contributed by atoms with Gasteiger partial charge in [0.15, 0.2) is 5.81 Å². The Bertz CT molecular complexity index is 1360. The summed E-state index contributed by atoms with van der Waals surface area (Å²) in [5, 5.41) is 14.7. The van der Waals surface area contributed by atoms with Crippen LogP contribution >= 0.6 is 0 Å². The molecule has 12 nitrogen and oxygen atoms in total. The van der Waals surface area contributed by atoms with Crippen molar-refractivity contribution >= 4 is 36.7 Å². The highest BCUT2D eigenvalue weighted by molar-refractivity contribution is 6.72. The minimum atomic E-state index is -0.896. The van der Waals surface area contributed by atoms with E-state index in [1.165, 1.54) is 141 Å². The molecule has 5 amide bonds. The van der Waals surface area contributed by atoms with Crippen molar-refractivity contribution < 1.29 is 33.4 Å². The molecule has 0 aromatic rings. The van der Waals surface area contributed by atoms with Crippen molar-refractivity contribution in [3.8, 4) is 0 Å². The van der Waals surface area contributed by atoms with Crippen LogP contribution in [0.4, 0.5) is 4.79 Å². The molecule has 13 heteroatoms. The lowest BCUT2D eigenvalue weighted by molar-refractivity contribution is -0.135. The SMILES string of the molecule is CBC(=O)N[C@@H](CCC(=O)NCC(C)(C)OC(C)(C)CNC(=O)CCCCCCCCCCCCCCC)C(=O)NCC(C)(C)OCC(C)(C)CNC(=O)CCCCCCCCCCCCCCC. The van der Waals surface area contributed by atoms with Gasteiger partial charge in [0, 0.05) is 50.9 Å². The molecule has 0 aliphatic carbocycles. The van der Waals surface area contributed by atoms with Gasteiger partial charge >= 0.3 is 0 Å². The lowest BCUT2D eigenvalue weighted by Gasteiger charge is -2.36. The van der Waals surface area contributed by atoms with Crippen molar-refractivity contribution in [2.24, 2.45) is 5.41 Å². The molecule has 0 aliphatic rings. The summed E-state index contributed by atoms with van der Waals surface area (Å²) < 4.78 is 12.6. The fraction of sp³-hybridized carbons (Fsp3) is 0.911. The summed E-state index contributed by atoms with van der Waals surface area (Å²) in [6.07, 6.45) is 34.3. The van der Waals surface area contributed by atoms with Crippen molar-refractivity contribution in [1.29, 1.82) is 0 Å². The topological polar surface area (TPSA) is 164 Å². The second-order valence-electron chi connectivity index (χ2n) is 22.9. The van der Waals surface area contributed by atoms with Gasteiger partial charge in [-0.15, -0.1) is 0 Å². The van der Waals surface area contributed by atoms with E-state index < -0.39 is 22.8 Å². The first-order chi connectivity index (χ1) is 32.7. The van der Waals surface area contributed by atoms with Crippen LogP contribution in [0.15, 0.2) is 0 Å². The monoisotopic (exact) mass is 976 g/mol. The average molecular weight is 976 g/mol. The van der Waals surface area contributed by atoms with Gasteiger partial charge in [0.2, 0.25) is 30.9 Å². The maximum absolute atomic E-state index is 13.4. The van der Waals surface area contributed by atoms with Gasteiger partial charge in [-0.1, -0.05) is 189 Å². The highest BCUT2D eigenvalue weighted by Crippen LogP contribution is 2.22. The fourth-order valence-electron chi connectivity index (χ4n) is 8.41. The normalized spacial score (nSPS) is 12.6. The molecule has 0 spiro atoms. The number of carbonyl (C=O) groups is 5. The predicted molar refractivity (Wildman–Crippen MR) is 290 cm³/mol. The first-order valence-electron chi connectivity index (χ1n) is 28.4. The third kappa shape index (κ3) is 41.6. The Hall–Kier alpha value is -2.67. The van der Waals surface area contributed by atoms with Crippen LogP contribution in [-0.2, 0) is 28.7 Å². The van der Waals surface area contributed by atoms with Gasteiger partial charge in [-0.2, -0.15) is 0 Å². The van der Waals surface area contributed by atoms with Crippen LogP contribution in [0.1, 0.15) is 262 Å². The van der Waals surface area contributed by atoms with Crippen LogP contribution in [0, 0.1) is 5.41 Å². The number of amides is 5. The Balaban J connectivity index is 4.54. The van der Waals surface area contributed by atoms with E-state index in [9.17, 15) is 24.0 Å². The first-order valence-corrected chi connectivity index (χ1v) is 28.4. The number of hydrogen-bond acceptors (Lipinski definition) is 7. The van der Waals surface area contributed by atoms with Crippen molar-refractivity contribution in [2.45, 2.75) is 292 Å². The molecule has 404 valence electrons. The lowest BCUT2D eigenvalue weighted by Crippen LogP contribution is -2.52. The van der Waals surface area contributed by atoms with Crippen LogP contribution in [0.25, 0.3) is 0 Å². The summed E-state index contributed by atoms with van der Waals surface area (Å²) in [6.45, 7) is 23.4. The molecule has 0 saturated carbocycles. The van der Waals surface area contributed by atoms with Gasteiger partial charge in [-0.05, 0) is 60.8 Å². The standard InChI is InChI=1S/C56H110BN5O7/c1-12-14-16-18-20-22-24-26-28-30-32-34-36-38-48(63)58-42-53(3,4)46-68-54(5,6)43-61-51(66)47(62-52(67)57-11)40-41-50(65)60-45-56(9,10)69-55(7,8)44-59-49(64)39-37-35-33-31-29-27-25-23-21-19-17-15-13-2/h47,57H,12-46H2,1-11H3,(H,58,63)(H,59,64)(H,60,65)(H,61,66)(H,62,67)/t47-/m0/s1. The highest BCUT2D eigenvalue weighted by atomic mass is 16.5. The van der Waals surface area contributed by atoms with Gasteiger partial charge in [-0.25, -0.2) is 0 Å². The first kappa shape index (κ1) is 66.3. The van der Waals surface area contributed by atoms with E-state index in [0.29, 0.717) is 32.5 Å². The van der Waals surface area contributed by atoms with E-state index in [2.05, 4.69) is 40.4 Å². The maximum atomic E-state index is 13.4. The molecule has 0 aromatic heterocycles. The molecular formula is C56H110BN5O7. The zero-order chi connectivity index (χ0) is 51.9. The van der Waals surface area contributed by atoms with E-state index in [4.69, 9.17) is 9.47 Å². The van der Waals surface area contributed by atoms with Crippen LogP contribution in [0.3, 0.4) is 0 Å². The summed E-state index contributed by atoms with van der Waals surface area (Å²) in [6, 6.07) is -0.896. The van der Waals surface area contributed by atoms with E-state index in [1.54, 1.807) is 6.82 Å². The molecule has 0 unspecified atom stereocenters. The number of carbonyl (C=O) groups excluding carboxylic acids is 5. The van der Waals surface area contributed by atoms with E-state index in [1.807, 2.05) is 55.4 Å². The second-order valence-corrected chi connectivity index (χ2v) is 22.9. The number of unbranched alkanes of at least 4 members (excludes halogenated alkanes) is 24. The average Bonchev–Trinajstić information content (AvgIpc) is 3.29. The summed E-state index contributed by atoms with van der Waals surface area (Å²) in [7, 11) is 0.205. The number of hydrogen-bond donors (Lipinski definition) is 5. The molecule has 69 heavy (non-hydrogen) atoms. The molecule has 1 atom stereocenters. The largest absolute Gasteiger partial charge is 0.373 e. The minimum absolute atomic E-state index is 0.0238. The number of ether oxygens (including phenoxy) is 2. The molecule has 0 aliphatic heterocycles. The quantitative estimate of drug-likeness (QED) is 0.0299. The summed E-state index contributed by atoms with van der Waals surface area (Å²) in [5.41, 5.74) is -2.45. The smallest absolute Gasteiger partial charge is 0.242 e. The third-order valence-corrected chi connectivity index (χ3v) is 12.9. The fourth-order valence-corrected chi connectivity index (χ4v) is 8.41. The lowest BCUT2D eigenvalue weighted by atomic mass is 9.81. The second kappa shape index (κ2) is 39.9. The van der Waals surface area contributed by atoms with Gasteiger partial charge in [0.25, 0.3) is 0 Å². The molecular weight excluding hydrogens is 865 g/mol. The van der Waals surface area contributed by atoms with Gasteiger partial charge in [0.1, 0.15) is 6.04 Å². The van der Waals surface area contributed by atoms with Crippen molar-refractivity contribution in [3.63, 3.8) is 0 Å². The van der Waals surface area contributed by atoms with E-state index >= 15 is 0 Å². The molecule has 0 radical (unpaired) electrons. The molecule has 0 aromatic carbocycles. The summed E-state index contributed by atoms with van der Waals surface area (Å²) in [4.78, 5) is 64.1. The Morgan fingerprint density at radius 2 is 0.768 bits per heavy atom. The maximum Gasteiger partial charge on any atom is 0.242 e. The minimum Gasteiger partial charge on any atom is -0.373 e. The van der Waals surface area contributed by atoms with Gasteiger partial charge in [-0.3, -0.25) is 24.0 Å².